The molecular weight excluding hydrogens is 662 g/mol. The highest BCUT2D eigenvalue weighted by molar-refractivity contribution is 6.30. The quantitative estimate of drug-likeness (QED) is 0.199. The Morgan fingerprint density at radius 3 is 2.39 bits per heavy atom. The van der Waals surface area contributed by atoms with E-state index in [0.29, 0.717) is 24.2 Å². The number of piperidine rings is 1. The van der Waals surface area contributed by atoms with E-state index < -0.39 is 6.03 Å². The molecule has 11 heteroatoms. The van der Waals surface area contributed by atoms with Crippen molar-refractivity contribution in [3.05, 3.63) is 101 Å². The van der Waals surface area contributed by atoms with Gasteiger partial charge in [0.1, 0.15) is 0 Å². The average molecular weight is 706 g/mol. The van der Waals surface area contributed by atoms with Gasteiger partial charge in [-0.2, -0.15) is 0 Å². The minimum absolute atomic E-state index is 0.0468. The smallest absolute Gasteiger partial charge is 0.328 e. The number of nitrogens with zero attached hydrogens (tertiary/aromatic N) is 5. The molecule has 2 unspecified atom stereocenters. The maximum Gasteiger partial charge on any atom is 0.328 e. The van der Waals surface area contributed by atoms with Crippen LogP contribution in [-0.4, -0.2) is 66.5 Å². The van der Waals surface area contributed by atoms with E-state index in [1.807, 2.05) is 35.2 Å². The summed E-state index contributed by atoms with van der Waals surface area (Å²) >= 11 is 6.14. The summed E-state index contributed by atoms with van der Waals surface area (Å²) in [5.74, 6) is -0.194. The molecule has 0 bridgehead atoms. The van der Waals surface area contributed by atoms with Gasteiger partial charge in [0, 0.05) is 79.9 Å². The van der Waals surface area contributed by atoms with Crippen molar-refractivity contribution in [3.8, 4) is 11.1 Å². The van der Waals surface area contributed by atoms with E-state index in [9.17, 15) is 14.4 Å². The van der Waals surface area contributed by atoms with Crippen molar-refractivity contribution in [1.29, 1.82) is 0 Å². The van der Waals surface area contributed by atoms with Gasteiger partial charge in [0.15, 0.2) is 0 Å². The van der Waals surface area contributed by atoms with Crippen molar-refractivity contribution in [3.63, 3.8) is 0 Å². The number of carbonyl (C=O) groups excluding carboxylic acids is 3. The molecule has 10 nitrogen and oxygen atoms in total. The number of amides is 4. The molecule has 0 spiro atoms. The molecule has 2 fully saturated rings. The molecule has 4 amide bonds. The molecule has 4 aromatic rings. The lowest BCUT2D eigenvalue weighted by Gasteiger charge is -2.40. The predicted molar refractivity (Wildman–Crippen MR) is 203 cm³/mol. The number of halogens is 1. The number of nitrogens with one attached hydrogen (secondary N) is 2. The van der Waals surface area contributed by atoms with Crippen LogP contribution in [0.1, 0.15) is 56.7 Å². The van der Waals surface area contributed by atoms with Gasteiger partial charge in [-0.25, -0.2) is 4.79 Å². The fraction of sp³-hybridized carbons (Fsp3) is 0.350. The maximum absolute atomic E-state index is 12.7. The van der Waals surface area contributed by atoms with Crippen LogP contribution < -0.4 is 25.3 Å². The third-order valence-corrected chi connectivity index (χ3v) is 10.8. The van der Waals surface area contributed by atoms with Crippen LogP contribution in [0.3, 0.4) is 0 Å². The number of anilines is 4. The molecular formula is C40H44ClN7O3. The molecule has 2 atom stereocenters. The van der Waals surface area contributed by atoms with Crippen molar-refractivity contribution < 1.29 is 14.4 Å². The average Bonchev–Trinajstić information content (AvgIpc) is 3.13. The summed E-state index contributed by atoms with van der Waals surface area (Å²) in [6.45, 7) is 6.69. The number of imide groups is 1. The van der Waals surface area contributed by atoms with Gasteiger partial charge in [0.25, 0.3) is 0 Å². The number of aromatic nitrogens is 1. The number of rotatable bonds is 8. The van der Waals surface area contributed by atoms with Gasteiger partial charge in [-0.1, -0.05) is 29.8 Å². The van der Waals surface area contributed by atoms with Gasteiger partial charge >= 0.3 is 6.03 Å². The SMILES string of the molecule is CC(=O)N1c2ccc(-c3ccc(N4CCC(N(C)Cc5ccncc5N5CCC(=O)NC5=O)CC4)cc3)cc2C(Nc2ccc(Cl)cc2)CC1C. The molecule has 2 N–H and O–H groups in total. The Bertz CT molecular complexity index is 1910. The van der Waals surface area contributed by atoms with Crippen molar-refractivity contribution in [2.75, 3.05) is 46.7 Å². The third-order valence-electron chi connectivity index (χ3n) is 10.5. The van der Waals surface area contributed by atoms with Gasteiger partial charge in [-0.15, -0.1) is 0 Å². The van der Waals surface area contributed by atoms with Gasteiger partial charge < -0.3 is 15.1 Å². The normalized spacial score (nSPS) is 19.6. The molecule has 51 heavy (non-hydrogen) atoms. The van der Waals surface area contributed by atoms with Gasteiger partial charge in [-0.3, -0.25) is 29.7 Å². The van der Waals surface area contributed by atoms with Gasteiger partial charge in [0.2, 0.25) is 11.8 Å². The fourth-order valence-corrected chi connectivity index (χ4v) is 7.95. The Morgan fingerprint density at radius 1 is 0.961 bits per heavy atom. The molecule has 2 saturated heterocycles. The molecule has 1 aromatic heterocycles. The second-order valence-electron chi connectivity index (χ2n) is 13.9. The van der Waals surface area contributed by atoms with Crippen molar-refractivity contribution in [2.45, 2.75) is 64.2 Å². The van der Waals surface area contributed by atoms with Crippen LogP contribution in [0, 0.1) is 0 Å². The lowest BCUT2D eigenvalue weighted by Crippen LogP contribution is -2.50. The van der Waals surface area contributed by atoms with Crippen LogP contribution >= 0.6 is 11.6 Å². The van der Waals surface area contributed by atoms with Crippen molar-refractivity contribution >= 4 is 52.2 Å². The van der Waals surface area contributed by atoms with E-state index in [1.54, 1.807) is 24.2 Å². The number of urea groups is 1. The van der Waals surface area contributed by atoms with Crippen molar-refractivity contribution in [1.82, 2.24) is 15.2 Å². The zero-order valence-electron chi connectivity index (χ0n) is 29.3. The molecule has 3 aliphatic heterocycles. The largest absolute Gasteiger partial charge is 0.378 e. The summed E-state index contributed by atoms with van der Waals surface area (Å²) in [5.41, 5.74) is 8.29. The summed E-state index contributed by atoms with van der Waals surface area (Å²) in [7, 11) is 2.14. The summed E-state index contributed by atoms with van der Waals surface area (Å²) < 4.78 is 0. The monoisotopic (exact) mass is 705 g/mol. The Balaban J connectivity index is 1.01. The standard InChI is InChI=1S/C40H44ClN7O3/c1-26-22-36(43-32-9-7-31(41)8-10-32)35-23-29(6-13-37(35)48(26)27(2)49)28-4-11-34(12-5-28)46-19-15-33(16-20-46)45(3)25-30-14-18-42-24-38(30)47-21-17-39(50)44-40(47)51/h4-14,18,23-24,26,33,36,43H,15-17,19-22,25H2,1-3H3,(H,44,50,51). The lowest BCUT2D eigenvalue weighted by molar-refractivity contribution is -0.120. The Labute approximate surface area is 304 Å². The van der Waals surface area contributed by atoms with E-state index in [0.717, 1.165) is 71.7 Å². The summed E-state index contributed by atoms with van der Waals surface area (Å²) in [5, 5.41) is 6.81. The molecule has 3 aromatic carbocycles. The van der Waals surface area contributed by atoms with Crippen LogP contribution in [0.15, 0.2) is 85.2 Å². The molecule has 0 saturated carbocycles. The number of hydrogen-bond acceptors (Lipinski definition) is 7. The van der Waals surface area contributed by atoms with E-state index in [2.05, 4.69) is 81.9 Å². The second kappa shape index (κ2) is 14.7. The number of fused-ring (bicyclic) bond motifs is 1. The summed E-state index contributed by atoms with van der Waals surface area (Å²) in [6.07, 6.45) is 6.60. The number of hydrogen-bond donors (Lipinski definition) is 2. The molecule has 0 radical (unpaired) electrons. The molecule has 264 valence electrons. The minimum Gasteiger partial charge on any atom is -0.378 e. The van der Waals surface area contributed by atoms with Gasteiger partial charge in [0.05, 0.1) is 17.9 Å². The van der Waals surface area contributed by atoms with Gasteiger partial charge in [-0.05, 0) is 110 Å². The van der Waals surface area contributed by atoms with Crippen molar-refractivity contribution in [2.24, 2.45) is 0 Å². The molecule has 3 aliphatic rings. The number of carbonyl (C=O) groups is 3. The van der Waals surface area contributed by atoms with E-state index in [4.69, 9.17) is 11.6 Å². The van der Waals surface area contributed by atoms with E-state index in [-0.39, 0.29) is 30.3 Å². The van der Waals surface area contributed by atoms with Crippen LogP contribution in [-0.2, 0) is 16.1 Å². The van der Waals surface area contributed by atoms with Crippen LogP contribution in [0.2, 0.25) is 5.02 Å². The zero-order chi connectivity index (χ0) is 35.6. The first-order chi connectivity index (χ1) is 24.6. The van der Waals surface area contributed by atoms with Crippen LogP contribution in [0.5, 0.6) is 0 Å². The van der Waals surface area contributed by atoms with E-state index >= 15 is 0 Å². The summed E-state index contributed by atoms with van der Waals surface area (Å²) in [6, 6.07) is 25.1. The zero-order valence-corrected chi connectivity index (χ0v) is 30.1. The van der Waals surface area contributed by atoms with Crippen LogP contribution in [0.25, 0.3) is 11.1 Å². The third kappa shape index (κ3) is 7.43. The number of benzene rings is 3. The van der Waals surface area contributed by atoms with E-state index in [1.165, 1.54) is 5.69 Å². The highest BCUT2D eigenvalue weighted by atomic mass is 35.5. The second-order valence-corrected chi connectivity index (χ2v) is 14.3. The number of pyridine rings is 1. The first-order valence-corrected chi connectivity index (χ1v) is 18.1. The molecule has 4 heterocycles. The highest BCUT2D eigenvalue weighted by Gasteiger charge is 2.33. The first-order valence-electron chi connectivity index (χ1n) is 17.7. The molecule has 7 rings (SSSR count). The molecule has 0 aliphatic carbocycles. The topological polar surface area (TPSA) is 101 Å². The minimum atomic E-state index is -0.390. The lowest BCUT2D eigenvalue weighted by atomic mass is 9.89. The fourth-order valence-electron chi connectivity index (χ4n) is 7.82. The Hall–Kier alpha value is -4.93. The highest BCUT2D eigenvalue weighted by Crippen LogP contribution is 2.41. The Morgan fingerprint density at radius 2 is 1.69 bits per heavy atom. The summed E-state index contributed by atoms with van der Waals surface area (Å²) in [4.78, 5) is 49.5. The van der Waals surface area contributed by atoms with Crippen LogP contribution in [0.4, 0.5) is 27.5 Å². The first kappa shape index (κ1) is 34.5. The Kier molecular flexibility index (Phi) is 9.97. The predicted octanol–water partition coefficient (Wildman–Crippen LogP) is 7.25. The maximum atomic E-state index is 12.7.